The van der Waals surface area contributed by atoms with Crippen molar-refractivity contribution in [1.29, 1.82) is 0 Å². The third-order valence-corrected chi connectivity index (χ3v) is 4.12. The van der Waals surface area contributed by atoms with E-state index in [9.17, 15) is 17.2 Å². The first-order valence-corrected chi connectivity index (χ1v) is 6.64. The fourth-order valence-electron chi connectivity index (χ4n) is 1.62. The number of anilines is 2. The molecule has 0 amide bonds. The zero-order valence-electron chi connectivity index (χ0n) is 9.60. The van der Waals surface area contributed by atoms with Gasteiger partial charge in [-0.3, -0.25) is 0 Å². The fourth-order valence-corrected chi connectivity index (χ4v) is 3.01. The molecule has 0 aliphatic heterocycles. The Hall–Kier alpha value is -2.15. The van der Waals surface area contributed by atoms with Gasteiger partial charge >= 0.3 is 0 Å². The maximum atomic E-state index is 13.2. The Balaban J connectivity index is 2.65. The summed E-state index contributed by atoms with van der Waals surface area (Å²) in [6, 6.07) is 5.79. The number of sulfone groups is 1. The number of nitrogen functional groups attached to an aromatic ring is 2. The van der Waals surface area contributed by atoms with Crippen molar-refractivity contribution < 1.29 is 17.2 Å². The van der Waals surface area contributed by atoms with Crippen LogP contribution in [0.4, 0.5) is 20.2 Å². The van der Waals surface area contributed by atoms with Gasteiger partial charge in [-0.05, 0) is 36.4 Å². The maximum absolute atomic E-state index is 13.2. The Morgan fingerprint density at radius 1 is 0.737 bits per heavy atom. The van der Waals surface area contributed by atoms with Gasteiger partial charge in [-0.1, -0.05) is 0 Å². The SMILES string of the molecule is Nc1cc(F)cc(S(=O)(=O)c2cc(N)cc(F)c2)c1. The average molecular weight is 284 g/mol. The summed E-state index contributed by atoms with van der Waals surface area (Å²) in [5.74, 6) is -1.58. The van der Waals surface area contributed by atoms with Crippen molar-refractivity contribution in [3.8, 4) is 0 Å². The standard InChI is InChI=1S/C12H10F2N2O2S/c13-7-1-9(15)5-11(3-7)19(17,18)12-4-8(14)2-10(16)6-12/h1-6H,15-16H2. The molecule has 0 bridgehead atoms. The van der Waals surface area contributed by atoms with Gasteiger partial charge in [0.15, 0.2) is 0 Å². The molecule has 0 spiro atoms. The van der Waals surface area contributed by atoms with Gasteiger partial charge in [-0.25, -0.2) is 17.2 Å². The van der Waals surface area contributed by atoms with Crippen molar-refractivity contribution in [3.05, 3.63) is 48.0 Å². The predicted molar refractivity (Wildman–Crippen MR) is 67.1 cm³/mol. The summed E-state index contributed by atoms with van der Waals surface area (Å²) in [7, 11) is -4.07. The molecule has 0 saturated heterocycles. The van der Waals surface area contributed by atoms with Gasteiger partial charge in [-0.2, -0.15) is 0 Å². The summed E-state index contributed by atoms with van der Waals surface area (Å²) in [6.07, 6.45) is 0. The Labute approximate surface area is 108 Å². The lowest BCUT2D eigenvalue weighted by atomic mass is 10.3. The molecule has 100 valence electrons. The highest BCUT2D eigenvalue weighted by atomic mass is 32.2. The molecular weight excluding hydrogens is 274 g/mol. The number of halogens is 2. The number of nitrogens with two attached hydrogens (primary N) is 2. The minimum Gasteiger partial charge on any atom is -0.399 e. The molecule has 0 aromatic heterocycles. The molecule has 0 atom stereocenters. The Bertz CT molecular complexity index is 647. The van der Waals surface area contributed by atoms with E-state index in [4.69, 9.17) is 11.5 Å². The first-order chi connectivity index (χ1) is 8.79. The first kappa shape index (κ1) is 13.3. The molecule has 2 rings (SSSR count). The molecule has 0 unspecified atom stereocenters. The molecule has 7 heteroatoms. The maximum Gasteiger partial charge on any atom is 0.206 e. The van der Waals surface area contributed by atoms with Gasteiger partial charge in [0.2, 0.25) is 9.84 Å². The van der Waals surface area contributed by atoms with Crippen LogP contribution in [0.15, 0.2) is 46.2 Å². The highest BCUT2D eigenvalue weighted by molar-refractivity contribution is 7.91. The molecule has 0 heterocycles. The van der Waals surface area contributed by atoms with Crippen molar-refractivity contribution in [2.75, 3.05) is 11.5 Å². The van der Waals surface area contributed by atoms with E-state index >= 15 is 0 Å². The predicted octanol–water partition coefficient (Wildman–Crippen LogP) is 1.96. The van der Waals surface area contributed by atoms with E-state index in [0.29, 0.717) is 0 Å². The minimum absolute atomic E-state index is 0.0389. The summed E-state index contributed by atoms with van der Waals surface area (Å²) >= 11 is 0. The van der Waals surface area contributed by atoms with E-state index in [0.717, 1.165) is 36.4 Å². The van der Waals surface area contributed by atoms with Gasteiger partial charge < -0.3 is 11.5 Å². The van der Waals surface area contributed by atoms with Gasteiger partial charge in [0.25, 0.3) is 0 Å². The van der Waals surface area contributed by atoms with E-state index in [-0.39, 0.29) is 21.2 Å². The lowest BCUT2D eigenvalue weighted by Crippen LogP contribution is -2.05. The molecule has 0 saturated carbocycles. The Morgan fingerprint density at radius 3 is 1.42 bits per heavy atom. The zero-order valence-corrected chi connectivity index (χ0v) is 10.4. The van der Waals surface area contributed by atoms with E-state index < -0.39 is 21.5 Å². The van der Waals surface area contributed by atoms with Crippen LogP contribution < -0.4 is 11.5 Å². The van der Waals surface area contributed by atoms with Gasteiger partial charge in [0.1, 0.15) is 11.6 Å². The summed E-state index contributed by atoms with van der Waals surface area (Å²) in [6.45, 7) is 0. The number of benzene rings is 2. The number of hydrogen-bond acceptors (Lipinski definition) is 4. The van der Waals surface area contributed by atoms with Gasteiger partial charge in [-0.15, -0.1) is 0 Å². The van der Waals surface area contributed by atoms with E-state index in [1.165, 1.54) is 0 Å². The molecule has 0 aliphatic carbocycles. The van der Waals surface area contributed by atoms with Gasteiger partial charge in [0.05, 0.1) is 9.79 Å². The van der Waals surface area contributed by atoms with Crippen LogP contribution in [0.5, 0.6) is 0 Å². The quantitative estimate of drug-likeness (QED) is 0.825. The van der Waals surface area contributed by atoms with Crippen LogP contribution in [0.25, 0.3) is 0 Å². The smallest absolute Gasteiger partial charge is 0.206 e. The Kier molecular flexibility index (Phi) is 3.15. The van der Waals surface area contributed by atoms with E-state index in [1.54, 1.807) is 0 Å². The van der Waals surface area contributed by atoms with E-state index in [1.807, 2.05) is 0 Å². The van der Waals surface area contributed by atoms with Crippen LogP contribution >= 0.6 is 0 Å². The van der Waals surface area contributed by atoms with Gasteiger partial charge in [0, 0.05) is 11.4 Å². The summed E-state index contributed by atoms with van der Waals surface area (Å²) in [5, 5.41) is 0. The normalized spacial score (nSPS) is 11.5. The van der Waals surface area contributed by atoms with Crippen LogP contribution in [0, 0.1) is 11.6 Å². The highest BCUT2D eigenvalue weighted by Crippen LogP contribution is 2.25. The first-order valence-electron chi connectivity index (χ1n) is 5.16. The molecule has 2 aromatic carbocycles. The van der Waals surface area contributed by atoms with Crippen molar-refractivity contribution in [3.63, 3.8) is 0 Å². The van der Waals surface area contributed by atoms with Crippen LogP contribution in [-0.4, -0.2) is 8.42 Å². The molecule has 0 radical (unpaired) electrons. The van der Waals surface area contributed by atoms with Crippen molar-refractivity contribution in [1.82, 2.24) is 0 Å². The third kappa shape index (κ3) is 2.65. The molecule has 0 aliphatic rings. The molecular formula is C12H10F2N2O2S. The molecule has 19 heavy (non-hydrogen) atoms. The average Bonchev–Trinajstić information content (AvgIpc) is 2.26. The largest absolute Gasteiger partial charge is 0.399 e. The van der Waals surface area contributed by atoms with Crippen LogP contribution in [0.2, 0.25) is 0 Å². The second-order valence-electron chi connectivity index (χ2n) is 3.94. The summed E-state index contributed by atoms with van der Waals surface area (Å²) in [5.41, 5.74) is 10.7. The molecule has 4 nitrogen and oxygen atoms in total. The molecule has 0 fully saturated rings. The van der Waals surface area contributed by atoms with Crippen LogP contribution in [0.1, 0.15) is 0 Å². The number of hydrogen-bond donors (Lipinski definition) is 2. The minimum atomic E-state index is -4.07. The molecule has 4 N–H and O–H groups in total. The third-order valence-electron chi connectivity index (χ3n) is 2.41. The van der Waals surface area contributed by atoms with Crippen molar-refractivity contribution in [2.24, 2.45) is 0 Å². The van der Waals surface area contributed by atoms with Crippen LogP contribution in [-0.2, 0) is 9.84 Å². The van der Waals surface area contributed by atoms with Crippen LogP contribution in [0.3, 0.4) is 0 Å². The highest BCUT2D eigenvalue weighted by Gasteiger charge is 2.20. The zero-order chi connectivity index (χ0) is 14.2. The lowest BCUT2D eigenvalue weighted by molar-refractivity contribution is 0.587. The Morgan fingerprint density at radius 2 is 1.11 bits per heavy atom. The number of rotatable bonds is 2. The van der Waals surface area contributed by atoms with E-state index in [2.05, 4.69) is 0 Å². The fraction of sp³-hybridized carbons (Fsp3) is 0. The summed E-state index contributed by atoms with van der Waals surface area (Å²) < 4.78 is 50.8. The molecule has 2 aromatic rings. The lowest BCUT2D eigenvalue weighted by Gasteiger charge is -2.07. The monoisotopic (exact) mass is 284 g/mol. The topological polar surface area (TPSA) is 86.2 Å². The second-order valence-corrected chi connectivity index (χ2v) is 5.89. The van der Waals surface area contributed by atoms with Crippen molar-refractivity contribution >= 4 is 21.2 Å². The van der Waals surface area contributed by atoms with Crippen molar-refractivity contribution in [2.45, 2.75) is 9.79 Å². The summed E-state index contributed by atoms with van der Waals surface area (Å²) in [4.78, 5) is -0.704. The second kappa shape index (κ2) is 4.51.